The number of rotatable bonds is 54. The Balaban J connectivity index is 2.27. The van der Waals surface area contributed by atoms with Crippen LogP contribution in [-0.2, 0) is 38.3 Å². The highest BCUT2D eigenvalue weighted by atomic mass is 32.3. The van der Waals surface area contributed by atoms with Gasteiger partial charge in [-0.25, -0.2) is 4.18 Å². The van der Waals surface area contributed by atoms with Crippen LogP contribution in [0.2, 0.25) is 0 Å². The van der Waals surface area contributed by atoms with Gasteiger partial charge in [0.1, 0.15) is 30.5 Å². The summed E-state index contributed by atoms with van der Waals surface area (Å²) in [4.78, 5) is 13.0. The van der Waals surface area contributed by atoms with Gasteiger partial charge in [-0.15, -0.1) is 0 Å². The predicted molar refractivity (Wildman–Crippen MR) is 308 cm³/mol. The van der Waals surface area contributed by atoms with E-state index in [0.29, 0.717) is 13.0 Å². The van der Waals surface area contributed by atoms with Crippen LogP contribution in [0.1, 0.15) is 264 Å². The van der Waals surface area contributed by atoms with E-state index in [9.17, 15) is 33.1 Å². The molecule has 1 aliphatic rings. The molecule has 1 fully saturated rings. The Bertz CT molecular complexity index is 1530. The summed E-state index contributed by atoms with van der Waals surface area (Å²) in [7, 11) is -5.07. The Morgan fingerprint density at radius 3 is 1.35 bits per heavy atom. The number of ether oxygens (including phenoxy) is 4. The molecule has 0 aromatic carbocycles. The van der Waals surface area contributed by atoms with Crippen molar-refractivity contribution in [2.45, 2.75) is 301 Å². The van der Waals surface area contributed by atoms with Gasteiger partial charge in [0.15, 0.2) is 6.29 Å². The topological polar surface area (TPSA) is 178 Å². The lowest BCUT2D eigenvalue weighted by molar-refractivity contribution is -0.301. The van der Waals surface area contributed by atoms with Crippen molar-refractivity contribution in [2.75, 3.05) is 26.4 Å². The van der Waals surface area contributed by atoms with E-state index in [2.05, 4.69) is 78.8 Å². The lowest BCUT2D eigenvalue weighted by Gasteiger charge is -2.41. The fourth-order valence-corrected chi connectivity index (χ4v) is 9.86. The molecule has 6 atom stereocenters. The standard InChI is InChI=1S/C62H112O12S/c1-3-5-7-9-11-13-15-17-19-21-23-25-27-28-30-32-34-36-38-40-42-44-46-48-50-52-70-54-56(55-71-62-60(66)61(74-75(67,68)69)59(65)57(53-63)73-62)72-58(64)51-49-47-45-43-41-39-37-35-33-31-29-26-24-22-20-18-16-14-12-10-8-6-4-2/h6,8,12,14,18,20,24,26,31,33,56-57,59-63,65-66H,3-5,7,9-11,13,15-17,19,21-23,25,27-30,32,34-55H2,1-2H3,(H,67,68,69)/b8-6-,14-12-,20-18-,26-24-,33-31-. The molecule has 0 aliphatic carbocycles. The SMILES string of the molecule is CC/C=C\C/C=C\C/C=C\C/C=C\C/C=C\CCCCCCCCCC(=O)OC(COCCCCCCCCCCCCCCCCCCCCCCCCCCC)COC1OC(CO)C(O)C(OS(=O)(=O)O)C1O. The number of carbonyl (C=O) groups excluding carboxylic acids is 1. The van der Waals surface area contributed by atoms with Crippen molar-refractivity contribution in [3.05, 3.63) is 60.8 Å². The van der Waals surface area contributed by atoms with Crippen LogP contribution in [0.25, 0.3) is 0 Å². The second-order valence-corrected chi connectivity index (χ2v) is 22.0. The Kier molecular flexibility index (Phi) is 49.6. The summed E-state index contributed by atoms with van der Waals surface area (Å²) in [5, 5.41) is 30.9. The minimum Gasteiger partial charge on any atom is -0.457 e. The Morgan fingerprint density at radius 1 is 0.520 bits per heavy atom. The number of esters is 1. The maximum absolute atomic E-state index is 13.0. The van der Waals surface area contributed by atoms with Crippen LogP contribution >= 0.6 is 0 Å². The zero-order valence-electron chi connectivity index (χ0n) is 47.6. The molecule has 0 radical (unpaired) electrons. The van der Waals surface area contributed by atoms with E-state index in [1.807, 2.05) is 0 Å². The molecule has 1 saturated heterocycles. The third-order valence-electron chi connectivity index (χ3n) is 13.9. The lowest BCUT2D eigenvalue weighted by atomic mass is 9.99. The molecule has 6 unspecified atom stereocenters. The van der Waals surface area contributed by atoms with Crippen molar-refractivity contribution in [1.29, 1.82) is 0 Å². The molecular weight excluding hydrogens is 969 g/mol. The van der Waals surface area contributed by atoms with Crippen molar-refractivity contribution < 1.29 is 56.2 Å². The van der Waals surface area contributed by atoms with Gasteiger partial charge in [-0.3, -0.25) is 9.35 Å². The van der Waals surface area contributed by atoms with Crippen LogP contribution in [0, 0.1) is 0 Å². The summed E-state index contributed by atoms with van der Waals surface area (Å²) < 4.78 is 59.5. The Labute approximate surface area is 458 Å². The van der Waals surface area contributed by atoms with Gasteiger partial charge in [0.25, 0.3) is 0 Å². The first-order chi connectivity index (χ1) is 36.6. The molecule has 1 heterocycles. The number of aliphatic hydroxyl groups excluding tert-OH is 3. The zero-order valence-corrected chi connectivity index (χ0v) is 48.4. The molecule has 438 valence electrons. The van der Waals surface area contributed by atoms with Gasteiger partial charge in [-0.2, -0.15) is 8.42 Å². The number of allylic oxidation sites excluding steroid dienone is 10. The van der Waals surface area contributed by atoms with Gasteiger partial charge < -0.3 is 34.3 Å². The summed E-state index contributed by atoms with van der Waals surface area (Å²) in [6, 6.07) is 0. The van der Waals surface area contributed by atoms with E-state index >= 15 is 0 Å². The van der Waals surface area contributed by atoms with Gasteiger partial charge in [0.2, 0.25) is 0 Å². The van der Waals surface area contributed by atoms with Crippen molar-refractivity contribution in [2.24, 2.45) is 0 Å². The monoisotopic (exact) mass is 1080 g/mol. The van der Waals surface area contributed by atoms with Gasteiger partial charge in [0.05, 0.1) is 19.8 Å². The van der Waals surface area contributed by atoms with Gasteiger partial charge in [0, 0.05) is 13.0 Å². The molecule has 75 heavy (non-hydrogen) atoms. The third-order valence-corrected chi connectivity index (χ3v) is 14.4. The summed E-state index contributed by atoms with van der Waals surface area (Å²) in [5.74, 6) is -0.407. The molecule has 0 aromatic rings. The van der Waals surface area contributed by atoms with Crippen LogP contribution < -0.4 is 0 Å². The Morgan fingerprint density at radius 2 is 0.920 bits per heavy atom. The molecular formula is C62H112O12S. The van der Waals surface area contributed by atoms with E-state index in [0.717, 1.165) is 83.5 Å². The smallest absolute Gasteiger partial charge is 0.397 e. The van der Waals surface area contributed by atoms with Crippen LogP contribution in [0.4, 0.5) is 0 Å². The van der Waals surface area contributed by atoms with Crippen LogP contribution in [-0.4, -0.2) is 97.5 Å². The van der Waals surface area contributed by atoms with E-state index in [1.54, 1.807) is 0 Å². The maximum atomic E-state index is 13.0. The highest BCUT2D eigenvalue weighted by Crippen LogP contribution is 2.26. The van der Waals surface area contributed by atoms with E-state index in [-0.39, 0.29) is 19.6 Å². The molecule has 1 aliphatic heterocycles. The van der Waals surface area contributed by atoms with Crippen LogP contribution in [0.15, 0.2) is 60.8 Å². The fraction of sp³-hybridized carbons (Fsp3) is 0.823. The van der Waals surface area contributed by atoms with Gasteiger partial charge >= 0.3 is 16.4 Å². The highest BCUT2D eigenvalue weighted by Gasteiger charge is 2.48. The average molecular weight is 1080 g/mol. The minimum atomic E-state index is -5.07. The fourth-order valence-electron chi connectivity index (χ4n) is 9.35. The Hall–Kier alpha value is -2.20. The van der Waals surface area contributed by atoms with Gasteiger partial charge in [-0.05, 0) is 57.8 Å². The molecule has 0 aromatic heterocycles. The predicted octanol–water partition coefficient (Wildman–Crippen LogP) is 15.6. The van der Waals surface area contributed by atoms with Crippen molar-refractivity contribution in [1.82, 2.24) is 0 Å². The molecule has 0 amide bonds. The number of hydrogen-bond donors (Lipinski definition) is 4. The number of unbranched alkanes of at least 4 members (excludes halogenated alkanes) is 31. The van der Waals surface area contributed by atoms with Crippen molar-refractivity contribution >= 4 is 16.4 Å². The second kappa shape index (κ2) is 52.5. The van der Waals surface area contributed by atoms with Crippen molar-refractivity contribution in [3.8, 4) is 0 Å². The number of carbonyl (C=O) groups is 1. The molecule has 0 spiro atoms. The summed E-state index contributed by atoms with van der Waals surface area (Å²) >= 11 is 0. The van der Waals surface area contributed by atoms with Crippen LogP contribution in [0.3, 0.4) is 0 Å². The van der Waals surface area contributed by atoms with E-state index in [1.165, 1.54) is 154 Å². The molecule has 12 nitrogen and oxygen atoms in total. The molecule has 1 rings (SSSR count). The highest BCUT2D eigenvalue weighted by molar-refractivity contribution is 7.80. The quantitative estimate of drug-likeness (QED) is 0.0196. The first-order valence-corrected chi connectivity index (χ1v) is 31.9. The van der Waals surface area contributed by atoms with E-state index < -0.39 is 59.8 Å². The normalized spacial score (nSPS) is 19.0. The first-order valence-electron chi connectivity index (χ1n) is 30.5. The third kappa shape index (κ3) is 45.4. The molecule has 0 bridgehead atoms. The van der Waals surface area contributed by atoms with E-state index in [4.69, 9.17) is 18.9 Å². The summed E-state index contributed by atoms with van der Waals surface area (Å²) in [6.45, 7) is 3.92. The minimum absolute atomic E-state index is 0.0323. The summed E-state index contributed by atoms with van der Waals surface area (Å²) in [6.07, 6.45) is 59.8. The van der Waals surface area contributed by atoms with Crippen LogP contribution in [0.5, 0.6) is 0 Å². The molecule has 0 saturated carbocycles. The zero-order chi connectivity index (χ0) is 54.6. The lowest BCUT2D eigenvalue weighted by Crippen LogP contribution is -2.60. The molecule has 13 heteroatoms. The average Bonchev–Trinajstić information content (AvgIpc) is 3.39. The largest absolute Gasteiger partial charge is 0.457 e. The number of hydrogen-bond acceptors (Lipinski definition) is 11. The number of aliphatic hydroxyl groups is 3. The maximum Gasteiger partial charge on any atom is 0.397 e. The summed E-state index contributed by atoms with van der Waals surface area (Å²) in [5.41, 5.74) is 0. The molecule has 4 N–H and O–H groups in total. The second-order valence-electron chi connectivity index (χ2n) is 20.9. The van der Waals surface area contributed by atoms with Crippen molar-refractivity contribution in [3.63, 3.8) is 0 Å². The van der Waals surface area contributed by atoms with Gasteiger partial charge in [-0.1, -0.05) is 261 Å². The first kappa shape index (κ1) is 70.8.